The molecule has 0 aromatic carbocycles. The Kier molecular flexibility index (Phi) is 3.31. The van der Waals surface area contributed by atoms with Gasteiger partial charge in [0.05, 0.1) is 5.69 Å². The lowest BCUT2D eigenvalue weighted by Gasteiger charge is -2.32. The first-order valence-electron chi connectivity index (χ1n) is 6.42. The number of nitrogens with zero attached hydrogens (tertiary/aromatic N) is 3. The van der Waals surface area contributed by atoms with Gasteiger partial charge < -0.3 is 15.1 Å². The van der Waals surface area contributed by atoms with Crippen LogP contribution in [0.5, 0.6) is 0 Å². The van der Waals surface area contributed by atoms with Crippen LogP contribution in [0.25, 0.3) is 0 Å². The van der Waals surface area contributed by atoms with E-state index in [9.17, 15) is 0 Å². The van der Waals surface area contributed by atoms with E-state index < -0.39 is 0 Å². The lowest BCUT2D eigenvalue weighted by atomic mass is 10.3. The second-order valence-corrected chi connectivity index (χ2v) is 5.90. The molecule has 1 aromatic rings. The van der Waals surface area contributed by atoms with Crippen LogP contribution in [0.4, 0.5) is 5.13 Å². The molecule has 3 rings (SSSR count). The summed E-state index contributed by atoms with van der Waals surface area (Å²) >= 11 is 1.79. The van der Waals surface area contributed by atoms with E-state index in [0.29, 0.717) is 0 Å². The third kappa shape index (κ3) is 2.97. The number of likely N-dealkylation sites (N-methyl/N-ethyl adjacent to an activating group) is 1. The number of hydrogen-bond donors (Lipinski definition) is 1. The molecule has 2 fully saturated rings. The van der Waals surface area contributed by atoms with Gasteiger partial charge in [0, 0.05) is 44.1 Å². The van der Waals surface area contributed by atoms with Crippen molar-refractivity contribution >= 4 is 16.5 Å². The fourth-order valence-corrected chi connectivity index (χ4v) is 2.94. The topological polar surface area (TPSA) is 31.4 Å². The average Bonchev–Trinajstić information content (AvgIpc) is 3.06. The molecule has 2 aliphatic rings. The highest BCUT2D eigenvalue weighted by Gasteiger charge is 2.21. The summed E-state index contributed by atoms with van der Waals surface area (Å²) in [7, 11) is 2.18. The summed E-state index contributed by atoms with van der Waals surface area (Å²) < 4.78 is 0. The molecule has 1 aliphatic carbocycles. The van der Waals surface area contributed by atoms with Crippen LogP contribution in [0.3, 0.4) is 0 Å². The molecule has 17 heavy (non-hydrogen) atoms. The zero-order valence-electron chi connectivity index (χ0n) is 10.4. The standard InChI is InChI=1S/C12H20N4S/c1-15-4-6-16(7-5-15)12-14-11(9-17-12)8-13-10-2-3-10/h9-10,13H,2-8H2,1H3. The largest absolute Gasteiger partial charge is 0.346 e. The summed E-state index contributed by atoms with van der Waals surface area (Å²) in [6.07, 6.45) is 2.69. The maximum absolute atomic E-state index is 4.72. The van der Waals surface area contributed by atoms with Gasteiger partial charge in [0.15, 0.2) is 5.13 Å². The lowest BCUT2D eigenvalue weighted by molar-refractivity contribution is 0.312. The predicted molar refractivity (Wildman–Crippen MR) is 71.7 cm³/mol. The molecule has 5 heteroatoms. The van der Waals surface area contributed by atoms with Crippen LogP contribution in [0.1, 0.15) is 18.5 Å². The summed E-state index contributed by atoms with van der Waals surface area (Å²) in [5, 5.41) is 6.91. The van der Waals surface area contributed by atoms with Crippen LogP contribution >= 0.6 is 11.3 Å². The molecule has 1 saturated carbocycles. The van der Waals surface area contributed by atoms with Crippen LogP contribution < -0.4 is 10.2 Å². The molecular formula is C12H20N4S. The average molecular weight is 252 g/mol. The number of rotatable bonds is 4. The van der Waals surface area contributed by atoms with Crippen molar-refractivity contribution in [2.75, 3.05) is 38.1 Å². The minimum absolute atomic E-state index is 0.767. The lowest BCUT2D eigenvalue weighted by Crippen LogP contribution is -2.44. The third-order valence-electron chi connectivity index (χ3n) is 3.46. The molecule has 0 radical (unpaired) electrons. The van der Waals surface area contributed by atoms with Gasteiger partial charge in [-0.25, -0.2) is 4.98 Å². The molecule has 94 valence electrons. The summed E-state index contributed by atoms with van der Waals surface area (Å²) in [6.45, 7) is 5.46. The number of anilines is 1. The Bertz CT molecular complexity index is 366. The Morgan fingerprint density at radius 1 is 1.35 bits per heavy atom. The predicted octanol–water partition coefficient (Wildman–Crippen LogP) is 1.15. The number of aromatic nitrogens is 1. The van der Waals surface area contributed by atoms with E-state index in [0.717, 1.165) is 38.8 Å². The first kappa shape index (κ1) is 11.4. The minimum atomic E-state index is 0.767. The molecule has 4 nitrogen and oxygen atoms in total. The molecule has 1 saturated heterocycles. The van der Waals surface area contributed by atoms with Crippen molar-refractivity contribution in [1.82, 2.24) is 15.2 Å². The first-order chi connectivity index (χ1) is 8.31. The molecule has 0 atom stereocenters. The van der Waals surface area contributed by atoms with Gasteiger partial charge in [-0.05, 0) is 19.9 Å². The van der Waals surface area contributed by atoms with Crippen molar-refractivity contribution in [2.45, 2.75) is 25.4 Å². The quantitative estimate of drug-likeness (QED) is 0.871. The third-order valence-corrected chi connectivity index (χ3v) is 4.41. The molecular weight excluding hydrogens is 232 g/mol. The van der Waals surface area contributed by atoms with Crippen molar-refractivity contribution in [3.63, 3.8) is 0 Å². The Hall–Kier alpha value is -0.650. The van der Waals surface area contributed by atoms with Crippen molar-refractivity contribution in [1.29, 1.82) is 0 Å². The van der Waals surface area contributed by atoms with Gasteiger partial charge in [-0.3, -0.25) is 0 Å². The van der Waals surface area contributed by atoms with Crippen LogP contribution in [0.2, 0.25) is 0 Å². The van der Waals surface area contributed by atoms with E-state index in [-0.39, 0.29) is 0 Å². The van der Waals surface area contributed by atoms with Crippen LogP contribution in [0, 0.1) is 0 Å². The van der Waals surface area contributed by atoms with E-state index in [4.69, 9.17) is 4.98 Å². The fraction of sp³-hybridized carbons (Fsp3) is 0.750. The highest BCUT2D eigenvalue weighted by molar-refractivity contribution is 7.13. The van der Waals surface area contributed by atoms with E-state index in [2.05, 4.69) is 27.5 Å². The summed E-state index contributed by atoms with van der Waals surface area (Å²) in [5.74, 6) is 0. The normalized spacial score (nSPS) is 22.1. The van der Waals surface area contributed by atoms with Crippen LogP contribution in [0.15, 0.2) is 5.38 Å². The summed E-state index contributed by atoms with van der Waals surface area (Å²) in [6, 6.07) is 0.767. The number of nitrogens with one attached hydrogen (secondary N) is 1. The van der Waals surface area contributed by atoms with Crippen LogP contribution in [-0.4, -0.2) is 49.2 Å². The molecule has 0 amide bonds. The maximum atomic E-state index is 4.72. The maximum Gasteiger partial charge on any atom is 0.185 e. The number of piperazine rings is 1. The molecule has 0 unspecified atom stereocenters. The van der Waals surface area contributed by atoms with Crippen LogP contribution in [-0.2, 0) is 6.54 Å². The SMILES string of the molecule is CN1CCN(c2nc(CNC3CC3)cs2)CC1. The molecule has 1 aliphatic heterocycles. The Balaban J connectivity index is 1.55. The Morgan fingerprint density at radius 3 is 2.82 bits per heavy atom. The van der Waals surface area contributed by atoms with E-state index >= 15 is 0 Å². The summed E-state index contributed by atoms with van der Waals surface area (Å²) in [4.78, 5) is 9.50. The van der Waals surface area contributed by atoms with Crippen molar-refractivity contribution in [2.24, 2.45) is 0 Å². The van der Waals surface area contributed by atoms with Gasteiger partial charge in [0.2, 0.25) is 0 Å². The van der Waals surface area contributed by atoms with Gasteiger partial charge in [0.25, 0.3) is 0 Å². The summed E-state index contributed by atoms with van der Waals surface area (Å²) in [5.41, 5.74) is 1.20. The van der Waals surface area contributed by atoms with Gasteiger partial charge in [-0.1, -0.05) is 0 Å². The van der Waals surface area contributed by atoms with E-state index in [1.54, 1.807) is 11.3 Å². The Labute approximate surface area is 107 Å². The smallest absolute Gasteiger partial charge is 0.185 e. The highest BCUT2D eigenvalue weighted by atomic mass is 32.1. The van der Waals surface area contributed by atoms with E-state index in [1.165, 1.54) is 23.7 Å². The van der Waals surface area contributed by atoms with Crippen molar-refractivity contribution in [3.8, 4) is 0 Å². The minimum Gasteiger partial charge on any atom is -0.346 e. The monoisotopic (exact) mass is 252 g/mol. The van der Waals surface area contributed by atoms with Gasteiger partial charge in [-0.2, -0.15) is 0 Å². The fourth-order valence-electron chi connectivity index (χ4n) is 2.06. The molecule has 0 spiro atoms. The number of thiazole rings is 1. The Morgan fingerprint density at radius 2 is 2.12 bits per heavy atom. The highest BCUT2D eigenvalue weighted by Crippen LogP contribution is 2.23. The van der Waals surface area contributed by atoms with E-state index in [1.807, 2.05) is 0 Å². The molecule has 0 bridgehead atoms. The van der Waals surface area contributed by atoms with Crippen molar-refractivity contribution < 1.29 is 0 Å². The first-order valence-corrected chi connectivity index (χ1v) is 7.30. The van der Waals surface area contributed by atoms with Crippen molar-refractivity contribution in [3.05, 3.63) is 11.1 Å². The second kappa shape index (κ2) is 4.92. The molecule has 2 heterocycles. The zero-order chi connectivity index (χ0) is 11.7. The zero-order valence-corrected chi connectivity index (χ0v) is 11.2. The molecule has 1 aromatic heterocycles. The molecule has 1 N–H and O–H groups in total. The van der Waals surface area contributed by atoms with Gasteiger partial charge >= 0.3 is 0 Å². The van der Waals surface area contributed by atoms with Gasteiger partial charge in [0.1, 0.15) is 0 Å². The second-order valence-electron chi connectivity index (χ2n) is 5.07. The number of hydrogen-bond acceptors (Lipinski definition) is 5. The van der Waals surface area contributed by atoms with Gasteiger partial charge in [-0.15, -0.1) is 11.3 Å².